The Labute approximate surface area is 100 Å². The van der Waals surface area contributed by atoms with Crippen molar-refractivity contribution in [1.29, 1.82) is 0 Å². The zero-order chi connectivity index (χ0) is 12.1. The van der Waals surface area contributed by atoms with Crippen LogP contribution in [0.5, 0.6) is 5.75 Å². The average molecular weight is 243 g/mol. The molecule has 0 bridgehead atoms. The number of halogens is 1. The molecule has 1 aromatic carbocycles. The lowest BCUT2D eigenvalue weighted by Gasteiger charge is -2.14. The summed E-state index contributed by atoms with van der Waals surface area (Å²) < 4.78 is 9.79. The number of carbonyl (C=O) groups excluding carboxylic acids is 1. The minimum Gasteiger partial charge on any atom is -0.497 e. The van der Waals surface area contributed by atoms with E-state index in [0.29, 0.717) is 17.2 Å². The van der Waals surface area contributed by atoms with E-state index >= 15 is 0 Å². The van der Waals surface area contributed by atoms with E-state index < -0.39 is 0 Å². The van der Waals surface area contributed by atoms with Crippen molar-refractivity contribution in [2.45, 2.75) is 19.3 Å². The van der Waals surface area contributed by atoms with E-state index in [1.807, 2.05) is 6.92 Å². The summed E-state index contributed by atoms with van der Waals surface area (Å²) >= 11 is 6.09. The zero-order valence-electron chi connectivity index (χ0n) is 9.62. The third-order valence-corrected chi connectivity index (χ3v) is 2.80. The number of esters is 1. The van der Waals surface area contributed by atoms with Gasteiger partial charge in [-0.1, -0.05) is 24.6 Å². The first kappa shape index (κ1) is 12.8. The summed E-state index contributed by atoms with van der Waals surface area (Å²) in [6.07, 6.45) is 0.652. The highest BCUT2D eigenvalue weighted by Crippen LogP contribution is 2.30. The number of hydrogen-bond acceptors (Lipinski definition) is 3. The van der Waals surface area contributed by atoms with Crippen molar-refractivity contribution in [3.63, 3.8) is 0 Å². The Balaban J connectivity index is 3.06. The van der Waals surface area contributed by atoms with E-state index in [9.17, 15) is 4.79 Å². The van der Waals surface area contributed by atoms with Crippen LogP contribution in [0.1, 0.15) is 24.8 Å². The quantitative estimate of drug-likeness (QED) is 0.762. The molecule has 0 saturated carbocycles. The van der Waals surface area contributed by atoms with E-state index in [0.717, 1.165) is 5.56 Å². The second kappa shape index (κ2) is 5.75. The van der Waals surface area contributed by atoms with Crippen molar-refractivity contribution in [2.24, 2.45) is 0 Å². The topological polar surface area (TPSA) is 35.5 Å². The van der Waals surface area contributed by atoms with Gasteiger partial charge in [-0.05, 0) is 24.1 Å². The SMILES string of the molecule is CCC(C(=O)OC)c1ccc(OC)cc1Cl. The molecule has 1 rings (SSSR count). The standard InChI is InChI=1S/C12H15ClO3/c1-4-9(12(14)16-3)10-6-5-8(15-2)7-11(10)13/h5-7,9H,4H2,1-3H3. The number of carbonyl (C=O) groups is 1. The molecule has 16 heavy (non-hydrogen) atoms. The Kier molecular flexibility index (Phi) is 4.62. The fourth-order valence-electron chi connectivity index (χ4n) is 1.57. The zero-order valence-corrected chi connectivity index (χ0v) is 10.4. The first-order chi connectivity index (χ1) is 7.63. The van der Waals surface area contributed by atoms with Crippen LogP contribution in [0, 0.1) is 0 Å². The second-order valence-electron chi connectivity index (χ2n) is 3.37. The lowest BCUT2D eigenvalue weighted by atomic mass is 9.96. The van der Waals surface area contributed by atoms with Crippen LogP contribution in [-0.2, 0) is 9.53 Å². The van der Waals surface area contributed by atoms with Crippen LogP contribution >= 0.6 is 11.6 Å². The smallest absolute Gasteiger partial charge is 0.313 e. The fourth-order valence-corrected chi connectivity index (χ4v) is 1.88. The van der Waals surface area contributed by atoms with E-state index in [1.54, 1.807) is 25.3 Å². The maximum absolute atomic E-state index is 11.5. The highest BCUT2D eigenvalue weighted by Gasteiger charge is 2.21. The summed E-state index contributed by atoms with van der Waals surface area (Å²) in [5.74, 6) is 0.0893. The second-order valence-corrected chi connectivity index (χ2v) is 3.78. The highest BCUT2D eigenvalue weighted by atomic mass is 35.5. The molecule has 0 aliphatic rings. The third kappa shape index (κ3) is 2.67. The number of benzene rings is 1. The molecule has 0 radical (unpaired) electrons. The largest absolute Gasteiger partial charge is 0.497 e. The molecule has 4 heteroatoms. The van der Waals surface area contributed by atoms with Crippen molar-refractivity contribution in [3.8, 4) is 5.75 Å². The van der Waals surface area contributed by atoms with Crippen molar-refractivity contribution in [1.82, 2.24) is 0 Å². The van der Waals surface area contributed by atoms with Gasteiger partial charge in [-0.25, -0.2) is 0 Å². The van der Waals surface area contributed by atoms with Crippen LogP contribution in [0.25, 0.3) is 0 Å². The molecule has 0 amide bonds. The van der Waals surface area contributed by atoms with Crippen LogP contribution in [0.15, 0.2) is 18.2 Å². The van der Waals surface area contributed by atoms with Gasteiger partial charge in [-0.3, -0.25) is 4.79 Å². The van der Waals surface area contributed by atoms with E-state index in [2.05, 4.69) is 0 Å². The summed E-state index contributed by atoms with van der Waals surface area (Å²) in [7, 11) is 2.95. The number of methoxy groups -OCH3 is 2. The minimum absolute atomic E-state index is 0.269. The maximum Gasteiger partial charge on any atom is 0.313 e. The fraction of sp³-hybridized carbons (Fsp3) is 0.417. The normalized spacial score (nSPS) is 12.0. The van der Waals surface area contributed by atoms with Gasteiger partial charge in [0.2, 0.25) is 0 Å². The number of ether oxygens (including phenoxy) is 2. The molecule has 1 atom stereocenters. The number of rotatable bonds is 4. The van der Waals surface area contributed by atoms with Gasteiger partial charge in [0.1, 0.15) is 5.75 Å². The van der Waals surface area contributed by atoms with Crippen molar-refractivity contribution in [3.05, 3.63) is 28.8 Å². The van der Waals surface area contributed by atoms with E-state index in [-0.39, 0.29) is 11.9 Å². The van der Waals surface area contributed by atoms with Crippen LogP contribution in [0.2, 0.25) is 5.02 Å². The van der Waals surface area contributed by atoms with Crippen molar-refractivity contribution >= 4 is 17.6 Å². The summed E-state index contributed by atoms with van der Waals surface area (Å²) in [4.78, 5) is 11.5. The lowest BCUT2D eigenvalue weighted by Crippen LogP contribution is -2.13. The predicted molar refractivity (Wildman–Crippen MR) is 63.1 cm³/mol. The van der Waals surface area contributed by atoms with E-state index in [4.69, 9.17) is 21.1 Å². The Morgan fingerprint density at radius 2 is 2.12 bits per heavy atom. The van der Waals surface area contributed by atoms with Crippen LogP contribution in [-0.4, -0.2) is 20.2 Å². The van der Waals surface area contributed by atoms with Crippen LogP contribution in [0.3, 0.4) is 0 Å². The first-order valence-corrected chi connectivity index (χ1v) is 5.43. The molecule has 0 aliphatic carbocycles. The minimum atomic E-state index is -0.316. The van der Waals surface area contributed by atoms with Crippen LogP contribution < -0.4 is 4.74 Å². The molecule has 0 fully saturated rings. The Morgan fingerprint density at radius 3 is 2.56 bits per heavy atom. The summed E-state index contributed by atoms with van der Waals surface area (Å²) in [5.41, 5.74) is 0.775. The monoisotopic (exact) mass is 242 g/mol. The first-order valence-electron chi connectivity index (χ1n) is 5.05. The van der Waals surface area contributed by atoms with Gasteiger partial charge in [0.05, 0.1) is 20.1 Å². The average Bonchev–Trinajstić information content (AvgIpc) is 2.31. The molecular weight excluding hydrogens is 228 g/mol. The molecule has 0 aliphatic heterocycles. The van der Waals surface area contributed by atoms with E-state index in [1.165, 1.54) is 7.11 Å². The van der Waals surface area contributed by atoms with Crippen molar-refractivity contribution in [2.75, 3.05) is 14.2 Å². The molecule has 0 saturated heterocycles. The number of hydrogen-bond donors (Lipinski definition) is 0. The van der Waals surface area contributed by atoms with Gasteiger partial charge < -0.3 is 9.47 Å². The Morgan fingerprint density at radius 1 is 1.44 bits per heavy atom. The Hall–Kier alpha value is -1.22. The van der Waals surface area contributed by atoms with Crippen molar-refractivity contribution < 1.29 is 14.3 Å². The molecular formula is C12H15ClO3. The third-order valence-electron chi connectivity index (χ3n) is 2.48. The highest BCUT2D eigenvalue weighted by molar-refractivity contribution is 6.31. The molecule has 0 spiro atoms. The molecule has 3 nitrogen and oxygen atoms in total. The summed E-state index contributed by atoms with van der Waals surface area (Å²) in [5, 5.41) is 0.525. The molecule has 1 aromatic rings. The predicted octanol–water partition coefficient (Wildman–Crippen LogP) is 3.02. The van der Waals surface area contributed by atoms with Gasteiger partial charge in [0, 0.05) is 5.02 Å². The van der Waals surface area contributed by atoms with Gasteiger partial charge in [-0.15, -0.1) is 0 Å². The lowest BCUT2D eigenvalue weighted by molar-refractivity contribution is -0.142. The van der Waals surface area contributed by atoms with Gasteiger partial charge in [-0.2, -0.15) is 0 Å². The molecule has 0 heterocycles. The van der Waals surface area contributed by atoms with Gasteiger partial charge in [0.15, 0.2) is 0 Å². The summed E-state index contributed by atoms with van der Waals surface area (Å²) in [6.45, 7) is 1.92. The molecule has 1 unspecified atom stereocenters. The van der Waals surface area contributed by atoms with Crippen LogP contribution in [0.4, 0.5) is 0 Å². The molecule has 0 aromatic heterocycles. The molecule has 0 N–H and O–H groups in total. The molecule has 88 valence electrons. The van der Waals surface area contributed by atoms with Gasteiger partial charge in [0.25, 0.3) is 0 Å². The maximum atomic E-state index is 11.5. The van der Waals surface area contributed by atoms with Gasteiger partial charge >= 0.3 is 5.97 Å². The summed E-state index contributed by atoms with van der Waals surface area (Å²) in [6, 6.07) is 5.28. The Bertz CT molecular complexity index is 377.